The Kier molecular flexibility index (Phi) is 4.39. The summed E-state index contributed by atoms with van der Waals surface area (Å²) in [6.45, 7) is 8.03. The first-order valence-electron chi connectivity index (χ1n) is 11.5. The van der Waals surface area contributed by atoms with E-state index in [0.29, 0.717) is 19.3 Å². The van der Waals surface area contributed by atoms with Crippen molar-refractivity contribution in [1.82, 2.24) is 5.01 Å². The monoisotopic (exact) mass is 420 g/mol. The maximum Gasteiger partial charge on any atom is 0.208 e. The first kappa shape index (κ1) is 19.0. The lowest BCUT2D eigenvalue weighted by Gasteiger charge is -2.50. The molecule has 6 nitrogen and oxygen atoms in total. The summed E-state index contributed by atoms with van der Waals surface area (Å²) < 4.78 is 18.3. The molecule has 0 aromatic heterocycles. The van der Waals surface area contributed by atoms with Gasteiger partial charge in [0.15, 0.2) is 11.5 Å². The van der Waals surface area contributed by atoms with Crippen molar-refractivity contribution in [1.29, 1.82) is 0 Å². The number of fused-ring (bicyclic) bond motifs is 5. The van der Waals surface area contributed by atoms with E-state index in [1.807, 2.05) is 6.07 Å². The minimum absolute atomic E-state index is 0.216. The maximum atomic E-state index is 6.74. The zero-order valence-electron chi connectivity index (χ0n) is 18.3. The third-order valence-corrected chi connectivity index (χ3v) is 7.27. The number of nitrogens with one attached hydrogen (secondary N) is 1. The number of hydrazone groups is 1. The van der Waals surface area contributed by atoms with Gasteiger partial charge < -0.3 is 19.1 Å². The Morgan fingerprint density at radius 3 is 2.58 bits per heavy atom. The van der Waals surface area contributed by atoms with Crippen LogP contribution < -0.4 is 19.1 Å². The summed E-state index contributed by atoms with van der Waals surface area (Å²) >= 11 is 0. The molecule has 4 aliphatic rings. The normalized spacial score (nSPS) is 28.7. The molecule has 2 aromatic rings. The number of quaternary nitrogens is 1. The molecule has 0 radical (unpaired) electrons. The minimum Gasteiger partial charge on any atom is -0.486 e. The Hall–Kier alpha value is -2.73. The van der Waals surface area contributed by atoms with Gasteiger partial charge in [0.25, 0.3) is 0 Å². The van der Waals surface area contributed by atoms with E-state index in [0.717, 1.165) is 60.9 Å². The molecule has 1 fully saturated rings. The summed E-state index contributed by atoms with van der Waals surface area (Å²) in [6, 6.07) is 15.5. The zero-order valence-corrected chi connectivity index (χ0v) is 18.3. The van der Waals surface area contributed by atoms with Gasteiger partial charge in [-0.1, -0.05) is 18.2 Å². The van der Waals surface area contributed by atoms with Crippen LogP contribution in [0.3, 0.4) is 0 Å². The van der Waals surface area contributed by atoms with Crippen molar-refractivity contribution in [2.24, 2.45) is 5.10 Å². The third-order valence-electron chi connectivity index (χ3n) is 7.27. The van der Waals surface area contributed by atoms with Crippen molar-refractivity contribution in [2.75, 3.05) is 26.3 Å². The van der Waals surface area contributed by atoms with E-state index < -0.39 is 0 Å². The van der Waals surface area contributed by atoms with Crippen molar-refractivity contribution in [3.8, 4) is 17.2 Å². The van der Waals surface area contributed by atoms with Gasteiger partial charge in [-0.3, -0.25) is 0 Å². The first-order chi connectivity index (χ1) is 15.1. The molecular weight excluding hydrogens is 390 g/mol. The molecule has 1 N–H and O–H groups in total. The van der Waals surface area contributed by atoms with Crippen molar-refractivity contribution >= 4 is 5.71 Å². The zero-order chi connectivity index (χ0) is 21.0. The van der Waals surface area contributed by atoms with Crippen molar-refractivity contribution in [3.63, 3.8) is 0 Å². The molecule has 0 saturated carbocycles. The van der Waals surface area contributed by atoms with Gasteiger partial charge in [0, 0.05) is 17.5 Å². The highest BCUT2D eigenvalue weighted by molar-refractivity contribution is 6.02. The molecule has 31 heavy (non-hydrogen) atoms. The number of benzene rings is 2. The molecule has 0 aliphatic carbocycles. The largest absolute Gasteiger partial charge is 0.486 e. The summed E-state index contributed by atoms with van der Waals surface area (Å²) in [5.74, 6) is 2.66. The van der Waals surface area contributed by atoms with E-state index in [1.165, 1.54) is 5.56 Å². The Labute approximate surface area is 183 Å². The quantitative estimate of drug-likeness (QED) is 0.812. The average molecular weight is 421 g/mol. The predicted molar refractivity (Wildman–Crippen MR) is 118 cm³/mol. The minimum atomic E-state index is -0.354. The molecule has 1 spiro atoms. The van der Waals surface area contributed by atoms with Crippen LogP contribution in [0.2, 0.25) is 0 Å². The van der Waals surface area contributed by atoms with Crippen LogP contribution in [0.5, 0.6) is 17.2 Å². The molecule has 0 amide bonds. The smallest absolute Gasteiger partial charge is 0.208 e. The van der Waals surface area contributed by atoms with Crippen LogP contribution in [0, 0.1) is 0 Å². The fraction of sp³-hybridized carbons (Fsp3) is 0.480. The summed E-state index contributed by atoms with van der Waals surface area (Å²) in [5, 5.41) is 7.48. The van der Waals surface area contributed by atoms with Crippen molar-refractivity contribution < 1.29 is 19.1 Å². The van der Waals surface area contributed by atoms with Crippen LogP contribution in [0.15, 0.2) is 47.6 Å². The molecule has 4 heterocycles. The molecule has 6 rings (SSSR count). The Bertz CT molecular complexity index is 1030. The Morgan fingerprint density at radius 1 is 1.00 bits per heavy atom. The van der Waals surface area contributed by atoms with Gasteiger partial charge in [-0.2, -0.15) is 5.10 Å². The van der Waals surface area contributed by atoms with Crippen molar-refractivity contribution in [2.45, 2.75) is 50.9 Å². The van der Waals surface area contributed by atoms with E-state index in [9.17, 15) is 0 Å². The van der Waals surface area contributed by atoms with Crippen LogP contribution in [0.1, 0.15) is 50.3 Å². The standard InChI is InChI=1S/C25H29N3O3/c1-17(2)27-11-9-25(10-12-27)28-21(19-5-3-4-6-22(19)31-25)16-20(26-28)18-7-8-23-24(15-18)30-14-13-29-23/h3-8,15,17,21H,9-14,16H2,1-2H3/p+1/t21-/m0/s1. The second-order valence-corrected chi connectivity index (χ2v) is 9.37. The highest BCUT2D eigenvalue weighted by Gasteiger charge is 2.53. The molecule has 2 aromatic carbocycles. The molecule has 0 unspecified atom stereocenters. The van der Waals surface area contributed by atoms with E-state index in [4.69, 9.17) is 19.3 Å². The lowest BCUT2D eigenvalue weighted by molar-refractivity contribution is -0.929. The predicted octanol–water partition coefficient (Wildman–Crippen LogP) is 2.78. The van der Waals surface area contributed by atoms with Crippen LogP contribution in [0.25, 0.3) is 0 Å². The number of likely N-dealkylation sites (tertiary alicyclic amines) is 1. The van der Waals surface area contributed by atoms with Crippen molar-refractivity contribution in [3.05, 3.63) is 53.6 Å². The van der Waals surface area contributed by atoms with Crippen LogP contribution in [-0.4, -0.2) is 48.8 Å². The topological polar surface area (TPSA) is 47.7 Å². The molecule has 4 aliphatic heterocycles. The number of rotatable bonds is 2. The van der Waals surface area contributed by atoms with E-state index in [1.54, 1.807) is 4.90 Å². The van der Waals surface area contributed by atoms with Gasteiger partial charge in [0.1, 0.15) is 19.0 Å². The molecule has 1 saturated heterocycles. The molecule has 0 bridgehead atoms. The number of ether oxygens (including phenoxy) is 3. The van der Waals surface area contributed by atoms with Gasteiger partial charge in [-0.15, -0.1) is 0 Å². The SMILES string of the molecule is CC(C)[NH+]1CCC2(CC1)Oc1ccccc1[C@@H]1CC(c3ccc4c(c3)OCCO4)=NN12. The molecule has 1 atom stereocenters. The molecule has 162 valence electrons. The van der Waals surface area contributed by atoms with Gasteiger partial charge in [0.05, 0.1) is 43.7 Å². The summed E-state index contributed by atoms with van der Waals surface area (Å²) in [5.41, 5.74) is 3.09. The summed E-state index contributed by atoms with van der Waals surface area (Å²) in [7, 11) is 0. The van der Waals surface area contributed by atoms with Gasteiger partial charge in [-0.05, 0) is 38.1 Å². The highest BCUT2D eigenvalue weighted by Crippen LogP contribution is 2.49. The number of para-hydroxylation sites is 1. The summed E-state index contributed by atoms with van der Waals surface area (Å²) in [6.07, 6.45) is 2.86. The lowest BCUT2D eigenvalue weighted by atomic mass is 9.90. The van der Waals surface area contributed by atoms with Crippen LogP contribution in [-0.2, 0) is 0 Å². The number of hydrogen-bond acceptors (Lipinski definition) is 5. The third kappa shape index (κ3) is 3.07. The number of nitrogens with zero attached hydrogens (tertiary/aromatic N) is 2. The number of piperidine rings is 1. The average Bonchev–Trinajstić information content (AvgIpc) is 3.26. The second-order valence-electron chi connectivity index (χ2n) is 9.37. The van der Waals surface area contributed by atoms with Crippen LogP contribution >= 0.6 is 0 Å². The van der Waals surface area contributed by atoms with E-state index in [2.05, 4.69) is 55.3 Å². The molecular formula is C25H30N3O3+. The fourth-order valence-electron chi connectivity index (χ4n) is 5.50. The maximum absolute atomic E-state index is 6.74. The fourth-order valence-corrected chi connectivity index (χ4v) is 5.50. The first-order valence-corrected chi connectivity index (χ1v) is 11.5. The lowest BCUT2D eigenvalue weighted by Crippen LogP contribution is -3.16. The van der Waals surface area contributed by atoms with Gasteiger partial charge >= 0.3 is 0 Å². The molecule has 6 heteroatoms. The highest BCUT2D eigenvalue weighted by atomic mass is 16.6. The Morgan fingerprint density at radius 2 is 1.77 bits per heavy atom. The van der Waals surface area contributed by atoms with E-state index >= 15 is 0 Å². The number of hydrogen-bond donors (Lipinski definition) is 1. The second kappa shape index (κ2) is 7.16. The summed E-state index contributed by atoms with van der Waals surface area (Å²) in [4.78, 5) is 1.65. The van der Waals surface area contributed by atoms with E-state index in [-0.39, 0.29) is 11.8 Å². The van der Waals surface area contributed by atoms with Gasteiger partial charge in [0.2, 0.25) is 5.72 Å². The Balaban J connectivity index is 1.37. The van der Waals surface area contributed by atoms with Crippen LogP contribution in [0.4, 0.5) is 0 Å². The van der Waals surface area contributed by atoms with Gasteiger partial charge in [-0.25, -0.2) is 5.01 Å².